The van der Waals surface area contributed by atoms with Crippen LogP contribution < -0.4 is 15.2 Å². The first-order valence-electron chi connectivity index (χ1n) is 5.77. The van der Waals surface area contributed by atoms with E-state index < -0.39 is 22.9 Å². The molecule has 0 atom stereocenters. The number of nitrogens with two attached hydrogens (primary N) is 1. The number of anilines is 1. The van der Waals surface area contributed by atoms with Crippen molar-refractivity contribution in [1.29, 1.82) is 0 Å². The number of benzene rings is 1. The summed E-state index contributed by atoms with van der Waals surface area (Å²) in [6.45, 7) is 0.109. The molecule has 9 heteroatoms. The van der Waals surface area contributed by atoms with Crippen molar-refractivity contribution in [2.45, 2.75) is 13.1 Å². The molecule has 0 aliphatic heterocycles. The van der Waals surface area contributed by atoms with Crippen molar-refractivity contribution in [1.82, 2.24) is 4.72 Å². The van der Waals surface area contributed by atoms with E-state index in [-0.39, 0.29) is 12.2 Å². The Morgan fingerprint density at radius 3 is 2.57 bits per heavy atom. The van der Waals surface area contributed by atoms with Crippen LogP contribution in [0.5, 0.6) is 0 Å². The number of aryl methyl sites for hydroxylation is 1. The lowest BCUT2D eigenvalue weighted by Gasteiger charge is -2.13. The van der Waals surface area contributed by atoms with Gasteiger partial charge in [0.25, 0.3) is 10.2 Å². The highest BCUT2D eigenvalue weighted by Gasteiger charge is 2.29. The average molecular weight is 321 g/mol. The third kappa shape index (κ3) is 6.48. The van der Waals surface area contributed by atoms with Gasteiger partial charge in [0.05, 0.1) is 12.2 Å². The molecule has 4 N–H and O–H groups in total. The molecule has 0 saturated carbocycles. The Morgan fingerprint density at radius 1 is 1.33 bits per heavy atom. The van der Waals surface area contributed by atoms with Gasteiger partial charge in [0, 0.05) is 5.56 Å². The standard InChI is InChI=1S/C12H14F3N3O2S/c1-9-4-5-10(3-2-6-16)7-11(9)18-21(19,20)17-8-12(13,14)15/h4-5,7,17-18H,6,8,16H2,1H3. The highest BCUT2D eigenvalue weighted by Crippen LogP contribution is 2.18. The molecule has 0 aliphatic rings. The number of hydrogen-bond donors (Lipinski definition) is 3. The lowest BCUT2D eigenvalue weighted by Crippen LogP contribution is -2.37. The fourth-order valence-corrected chi connectivity index (χ4v) is 2.26. The molecule has 0 saturated heterocycles. The maximum Gasteiger partial charge on any atom is 0.402 e. The minimum Gasteiger partial charge on any atom is -0.320 e. The highest BCUT2D eigenvalue weighted by molar-refractivity contribution is 7.90. The maximum atomic E-state index is 12.0. The van der Waals surface area contributed by atoms with E-state index in [9.17, 15) is 21.6 Å². The van der Waals surface area contributed by atoms with Gasteiger partial charge in [0.1, 0.15) is 6.54 Å². The van der Waals surface area contributed by atoms with Gasteiger partial charge in [-0.25, -0.2) is 0 Å². The summed E-state index contributed by atoms with van der Waals surface area (Å²) in [5, 5.41) is 0. The largest absolute Gasteiger partial charge is 0.402 e. The summed E-state index contributed by atoms with van der Waals surface area (Å²) in [6.07, 6.45) is -4.63. The number of rotatable bonds is 4. The topological polar surface area (TPSA) is 84.2 Å². The molecular formula is C12H14F3N3O2S. The molecule has 0 aromatic heterocycles. The molecule has 0 fully saturated rings. The van der Waals surface area contributed by atoms with Crippen molar-refractivity contribution < 1.29 is 21.6 Å². The van der Waals surface area contributed by atoms with Crippen LogP contribution in [0.4, 0.5) is 18.9 Å². The second kappa shape index (κ2) is 6.80. The van der Waals surface area contributed by atoms with E-state index in [4.69, 9.17) is 5.73 Å². The molecule has 0 radical (unpaired) electrons. The molecule has 0 aliphatic carbocycles. The quantitative estimate of drug-likeness (QED) is 0.727. The number of hydrogen-bond acceptors (Lipinski definition) is 3. The highest BCUT2D eigenvalue weighted by atomic mass is 32.2. The maximum absolute atomic E-state index is 12.0. The van der Waals surface area contributed by atoms with Crippen LogP contribution in [0, 0.1) is 18.8 Å². The summed E-state index contributed by atoms with van der Waals surface area (Å²) < 4.78 is 62.6. The van der Waals surface area contributed by atoms with Gasteiger partial charge >= 0.3 is 6.18 Å². The van der Waals surface area contributed by atoms with Gasteiger partial charge in [0.2, 0.25) is 0 Å². The SMILES string of the molecule is Cc1ccc(C#CCN)cc1NS(=O)(=O)NCC(F)(F)F. The van der Waals surface area contributed by atoms with Crippen LogP contribution in [0.3, 0.4) is 0 Å². The van der Waals surface area contributed by atoms with E-state index in [1.165, 1.54) is 10.8 Å². The predicted octanol–water partition coefficient (Wildman–Crippen LogP) is 1.11. The van der Waals surface area contributed by atoms with E-state index in [0.29, 0.717) is 11.1 Å². The van der Waals surface area contributed by atoms with Crippen molar-refractivity contribution in [3.05, 3.63) is 29.3 Å². The van der Waals surface area contributed by atoms with Crippen molar-refractivity contribution in [3.8, 4) is 11.8 Å². The van der Waals surface area contributed by atoms with E-state index in [0.717, 1.165) is 0 Å². The molecule has 116 valence electrons. The summed E-state index contributed by atoms with van der Waals surface area (Å²) in [7, 11) is -4.32. The minimum absolute atomic E-state index is 0.141. The Hall–Kier alpha value is -1.76. The van der Waals surface area contributed by atoms with Gasteiger partial charge in [-0.1, -0.05) is 17.9 Å². The molecule has 1 rings (SSSR count). The molecule has 0 unspecified atom stereocenters. The molecule has 21 heavy (non-hydrogen) atoms. The molecule has 0 heterocycles. The molecule has 1 aromatic carbocycles. The summed E-state index contributed by atoms with van der Waals surface area (Å²) in [6, 6.07) is 4.67. The Labute approximate surface area is 120 Å². The molecular weight excluding hydrogens is 307 g/mol. The number of halogens is 3. The summed E-state index contributed by atoms with van der Waals surface area (Å²) in [5.74, 6) is 5.30. The average Bonchev–Trinajstić information content (AvgIpc) is 2.36. The van der Waals surface area contributed by atoms with Gasteiger partial charge in [-0.3, -0.25) is 4.72 Å². The number of nitrogens with one attached hydrogen (secondary N) is 2. The zero-order valence-corrected chi connectivity index (χ0v) is 11.9. The first-order chi connectivity index (χ1) is 9.63. The van der Waals surface area contributed by atoms with Crippen LogP contribution in [0.2, 0.25) is 0 Å². The van der Waals surface area contributed by atoms with Crippen molar-refractivity contribution >= 4 is 15.9 Å². The van der Waals surface area contributed by atoms with Crippen LogP contribution in [0.25, 0.3) is 0 Å². The molecule has 0 spiro atoms. The smallest absolute Gasteiger partial charge is 0.320 e. The van der Waals surface area contributed by atoms with E-state index in [1.807, 2.05) is 4.72 Å². The molecule has 0 amide bonds. The second-order valence-electron chi connectivity index (χ2n) is 4.08. The molecule has 0 bridgehead atoms. The summed E-state index contributed by atoms with van der Waals surface area (Å²) >= 11 is 0. The fourth-order valence-electron chi connectivity index (χ4n) is 1.32. The van der Waals surface area contributed by atoms with Gasteiger partial charge in [0.15, 0.2) is 0 Å². The van der Waals surface area contributed by atoms with Crippen LogP contribution in [0.15, 0.2) is 18.2 Å². The minimum atomic E-state index is -4.63. The Kier molecular flexibility index (Phi) is 5.60. The van der Waals surface area contributed by atoms with Gasteiger partial charge in [-0.2, -0.15) is 26.3 Å². The lowest BCUT2D eigenvalue weighted by atomic mass is 10.1. The monoisotopic (exact) mass is 321 g/mol. The fraction of sp³-hybridized carbons (Fsp3) is 0.333. The zero-order valence-electron chi connectivity index (χ0n) is 11.1. The molecule has 1 aromatic rings. The summed E-state index contributed by atoms with van der Waals surface area (Å²) in [4.78, 5) is 0. The lowest BCUT2D eigenvalue weighted by molar-refractivity contribution is -0.121. The Morgan fingerprint density at radius 2 is 2.00 bits per heavy atom. The van der Waals surface area contributed by atoms with Gasteiger partial charge in [-0.05, 0) is 24.6 Å². The normalized spacial score (nSPS) is 11.7. The van der Waals surface area contributed by atoms with Crippen LogP contribution in [-0.2, 0) is 10.2 Å². The first kappa shape index (κ1) is 17.3. The summed E-state index contributed by atoms with van der Waals surface area (Å²) in [5.41, 5.74) is 6.42. The number of alkyl halides is 3. The Balaban J connectivity index is 2.91. The Bertz CT molecular complexity index is 661. The molecule has 5 nitrogen and oxygen atoms in total. The third-order valence-electron chi connectivity index (χ3n) is 2.28. The zero-order chi connectivity index (χ0) is 16.1. The van der Waals surface area contributed by atoms with E-state index in [2.05, 4.69) is 11.8 Å². The van der Waals surface area contributed by atoms with Gasteiger partial charge < -0.3 is 5.73 Å². The van der Waals surface area contributed by atoms with E-state index in [1.54, 1.807) is 19.1 Å². The van der Waals surface area contributed by atoms with Crippen molar-refractivity contribution in [3.63, 3.8) is 0 Å². The predicted molar refractivity (Wildman–Crippen MR) is 73.7 cm³/mol. The van der Waals surface area contributed by atoms with E-state index >= 15 is 0 Å². The van der Waals surface area contributed by atoms with Crippen LogP contribution in [-0.4, -0.2) is 27.7 Å². The first-order valence-corrected chi connectivity index (χ1v) is 7.25. The van der Waals surface area contributed by atoms with Gasteiger partial charge in [-0.15, -0.1) is 0 Å². The second-order valence-corrected chi connectivity index (χ2v) is 5.58. The van der Waals surface area contributed by atoms with Crippen molar-refractivity contribution in [2.24, 2.45) is 5.73 Å². The van der Waals surface area contributed by atoms with Crippen LogP contribution in [0.1, 0.15) is 11.1 Å². The third-order valence-corrected chi connectivity index (χ3v) is 3.29. The van der Waals surface area contributed by atoms with Crippen molar-refractivity contribution in [2.75, 3.05) is 17.8 Å². The van der Waals surface area contributed by atoms with Crippen LogP contribution >= 0.6 is 0 Å².